The second kappa shape index (κ2) is 11.2. The van der Waals surface area contributed by atoms with E-state index < -0.39 is 17.6 Å². The fourth-order valence-electron chi connectivity index (χ4n) is 6.21. The zero-order chi connectivity index (χ0) is 26.8. The number of nitrogens with zero attached hydrogens (tertiary/aromatic N) is 3. The van der Waals surface area contributed by atoms with Crippen molar-refractivity contribution in [3.05, 3.63) is 62.3 Å². The number of rotatable bonds is 5. The SMILES string of the molecule is C[C@H]1CN(C(=O)c2cc(Cc3n[nH]c(=O)c4c3CCCC4)ccc2F)CCN1C(=O)C(=O)C1CCCCC1. The molecule has 1 aromatic carbocycles. The third kappa shape index (κ3) is 5.28. The molecule has 202 valence electrons. The van der Waals surface area contributed by atoms with Gasteiger partial charge < -0.3 is 9.80 Å². The molecular formula is C29H35FN4O4. The number of hydrogen-bond donors (Lipinski definition) is 1. The smallest absolute Gasteiger partial charge is 0.290 e. The Hall–Kier alpha value is -3.36. The first-order valence-corrected chi connectivity index (χ1v) is 13.8. The molecule has 0 unspecified atom stereocenters. The second-order valence-corrected chi connectivity index (χ2v) is 11.0. The maximum atomic E-state index is 14.8. The lowest BCUT2D eigenvalue weighted by Gasteiger charge is -2.40. The number of piperazine rings is 1. The van der Waals surface area contributed by atoms with E-state index in [4.69, 9.17) is 0 Å². The minimum Gasteiger partial charge on any atom is -0.335 e. The first kappa shape index (κ1) is 26.3. The average Bonchev–Trinajstić information content (AvgIpc) is 2.95. The topological polar surface area (TPSA) is 103 Å². The number of carbonyl (C=O) groups is 3. The van der Waals surface area contributed by atoms with Gasteiger partial charge in [-0.15, -0.1) is 0 Å². The number of hydrogen-bond acceptors (Lipinski definition) is 5. The molecule has 2 heterocycles. The predicted molar refractivity (Wildman–Crippen MR) is 139 cm³/mol. The van der Waals surface area contributed by atoms with Crippen molar-refractivity contribution in [2.45, 2.75) is 77.2 Å². The normalized spacial score (nSPS) is 20.2. The quantitative estimate of drug-likeness (QED) is 0.608. The van der Waals surface area contributed by atoms with E-state index >= 15 is 0 Å². The van der Waals surface area contributed by atoms with Crippen LogP contribution in [0.2, 0.25) is 0 Å². The molecule has 1 atom stereocenters. The molecule has 0 spiro atoms. The van der Waals surface area contributed by atoms with Crippen LogP contribution in [0.1, 0.15) is 84.6 Å². The number of fused-ring (bicyclic) bond motifs is 1. The highest BCUT2D eigenvalue weighted by atomic mass is 19.1. The summed E-state index contributed by atoms with van der Waals surface area (Å²) in [6.45, 7) is 2.55. The first-order valence-electron chi connectivity index (χ1n) is 13.8. The molecule has 8 nitrogen and oxygen atoms in total. The highest BCUT2D eigenvalue weighted by Gasteiger charge is 2.36. The number of ketones is 1. The summed E-state index contributed by atoms with van der Waals surface area (Å²) in [7, 11) is 0. The molecule has 2 aliphatic carbocycles. The van der Waals surface area contributed by atoms with Gasteiger partial charge >= 0.3 is 0 Å². The molecule has 38 heavy (non-hydrogen) atoms. The van der Waals surface area contributed by atoms with Gasteiger partial charge in [0.2, 0.25) is 5.78 Å². The fraction of sp³-hybridized carbons (Fsp3) is 0.552. The largest absolute Gasteiger partial charge is 0.335 e. The first-order chi connectivity index (χ1) is 18.3. The summed E-state index contributed by atoms with van der Waals surface area (Å²) < 4.78 is 14.8. The molecule has 5 rings (SSSR count). The third-order valence-corrected chi connectivity index (χ3v) is 8.38. The number of aromatic nitrogens is 2. The van der Waals surface area contributed by atoms with Gasteiger partial charge in [0.1, 0.15) is 5.82 Å². The van der Waals surface area contributed by atoms with Gasteiger partial charge in [0.15, 0.2) is 0 Å². The maximum absolute atomic E-state index is 14.8. The van der Waals surface area contributed by atoms with Crippen LogP contribution in [0, 0.1) is 11.7 Å². The summed E-state index contributed by atoms with van der Waals surface area (Å²) >= 11 is 0. The van der Waals surface area contributed by atoms with Crippen molar-refractivity contribution in [3.8, 4) is 0 Å². The molecule has 9 heteroatoms. The highest BCUT2D eigenvalue weighted by molar-refractivity contribution is 6.37. The van der Waals surface area contributed by atoms with Crippen LogP contribution < -0.4 is 5.56 Å². The summed E-state index contributed by atoms with van der Waals surface area (Å²) in [6.07, 6.45) is 8.48. The van der Waals surface area contributed by atoms with Crippen molar-refractivity contribution in [2.24, 2.45) is 5.92 Å². The molecule has 2 aromatic rings. The van der Waals surface area contributed by atoms with E-state index in [1.165, 1.54) is 6.07 Å². The van der Waals surface area contributed by atoms with Crippen molar-refractivity contribution in [3.63, 3.8) is 0 Å². The Morgan fingerprint density at radius 1 is 1.03 bits per heavy atom. The van der Waals surface area contributed by atoms with E-state index in [0.717, 1.165) is 80.2 Å². The second-order valence-electron chi connectivity index (χ2n) is 11.0. The molecule has 1 saturated heterocycles. The summed E-state index contributed by atoms with van der Waals surface area (Å²) in [6, 6.07) is 4.17. The fourth-order valence-corrected chi connectivity index (χ4v) is 6.21. The zero-order valence-corrected chi connectivity index (χ0v) is 21.9. The van der Waals surface area contributed by atoms with Crippen LogP contribution in [0.3, 0.4) is 0 Å². The van der Waals surface area contributed by atoms with Gasteiger partial charge in [-0.2, -0.15) is 5.10 Å². The number of Topliss-reactive ketones (excluding diaryl/α,β-unsaturated/α-hetero) is 1. The summed E-state index contributed by atoms with van der Waals surface area (Å²) in [4.78, 5) is 54.4. The molecule has 1 aliphatic heterocycles. The minimum absolute atomic E-state index is 0.0222. The summed E-state index contributed by atoms with van der Waals surface area (Å²) in [5, 5.41) is 6.85. The number of carbonyl (C=O) groups excluding carboxylic acids is 3. The Morgan fingerprint density at radius 3 is 2.50 bits per heavy atom. The van der Waals surface area contributed by atoms with E-state index in [9.17, 15) is 23.6 Å². The van der Waals surface area contributed by atoms with Gasteiger partial charge in [0.05, 0.1) is 11.3 Å². The number of benzene rings is 1. The summed E-state index contributed by atoms with van der Waals surface area (Å²) in [5.41, 5.74) is 3.07. The average molecular weight is 523 g/mol. The van der Waals surface area contributed by atoms with Gasteiger partial charge in [-0.3, -0.25) is 19.2 Å². The monoisotopic (exact) mass is 522 g/mol. The highest BCUT2D eigenvalue weighted by Crippen LogP contribution is 2.26. The molecule has 1 aromatic heterocycles. The Labute approximate surface area is 221 Å². The molecule has 0 radical (unpaired) electrons. The Kier molecular flexibility index (Phi) is 7.72. The zero-order valence-electron chi connectivity index (χ0n) is 21.9. The van der Waals surface area contributed by atoms with E-state index in [-0.39, 0.29) is 48.5 Å². The van der Waals surface area contributed by atoms with Crippen molar-refractivity contribution in [1.82, 2.24) is 20.0 Å². The summed E-state index contributed by atoms with van der Waals surface area (Å²) in [5.74, 6) is -2.00. The molecule has 3 aliphatic rings. The molecular weight excluding hydrogens is 487 g/mol. The number of halogens is 1. The number of nitrogens with one attached hydrogen (secondary N) is 1. The number of H-pyrrole nitrogens is 1. The van der Waals surface area contributed by atoms with Crippen molar-refractivity contribution >= 4 is 17.6 Å². The van der Waals surface area contributed by atoms with Crippen LogP contribution in [0.15, 0.2) is 23.0 Å². The van der Waals surface area contributed by atoms with E-state index in [1.54, 1.807) is 21.9 Å². The Balaban J connectivity index is 1.28. The molecule has 2 fully saturated rings. The number of aromatic amines is 1. The van der Waals surface area contributed by atoms with Crippen molar-refractivity contribution < 1.29 is 18.8 Å². The molecule has 2 amide bonds. The van der Waals surface area contributed by atoms with Crippen molar-refractivity contribution in [2.75, 3.05) is 19.6 Å². The number of amides is 2. The third-order valence-electron chi connectivity index (χ3n) is 8.38. The van der Waals surface area contributed by atoms with Crippen LogP contribution in [0.5, 0.6) is 0 Å². The van der Waals surface area contributed by atoms with Crippen LogP contribution in [0.4, 0.5) is 4.39 Å². The minimum atomic E-state index is -0.603. The van der Waals surface area contributed by atoms with Gasteiger partial charge in [-0.05, 0) is 68.7 Å². The standard InChI is InChI=1S/C29H35FN4O4/c1-18-17-33(13-14-34(18)29(38)26(35)20-7-3-2-4-8-20)28(37)23-15-19(11-12-24(23)30)16-25-21-9-5-6-10-22(21)27(36)32-31-25/h11-12,15,18,20H,2-10,13-14,16-17H2,1H3,(H,32,36)/t18-/m0/s1. The molecule has 0 bridgehead atoms. The van der Waals surface area contributed by atoms with E-state index in [1.807, 2.05) is 6.92 Å². The van der Waals surface area contributed by atoms with Crippen LogP contribution >= 0.6 is 0 Å². The van der Waals surface area contributed by atoms with Crippen LogP contribution in [-0.4, -0.2) is 63.3 Å². The molecule has 1 saturated carbocycles. The lowest BCUT2D eigenvalue weighted by Crippen LogP contribution is -2.57. The van der Waals surface area contributed by atoms with Crippen LogP contribution in [0.25, 0.3) is 0 Å². The van der Waals surface area contributed by atoms with Gasteiger partial charge in [0.25, 0.3) is 17.4 Å². The van der Waals surface area contributed by atoms with Gasteiger partial charge in [-0.25, -0.2) is 9.49 Å². The van der Waals surface area contributed by atoms with Gasteiger partial charge in [0, 0.05) is 43.6 Å². The lowest BCUT2D eigenvalue weighted by atomic mass is 9.85. The Bertz CT molecular complexity index is 1300. The van der Waals surface area contributed by atoms with Gasteiger partial charge in [-0.1, -0.05) is 25.3 Å². The van der Waals surface area contributed by atoms with E-state index in [0.29, 0.717) is 6.42 Å². The Morgan fingerprint density at radius 2 is 1.76 bits per heavy atom. The predicted octanol–water partition coefficient (Wildman–Crippen LogP) is 3.20. The molecule has 1 N–H and O–H groups in total. The van der Waals surface area contributed by atoms with Crippen LogP contribution in [-0.2, 0) is 28.9 Å². The van der Waals surface area contributed by atoms with Crippen molar-refractivity contribution in [1.29, 1.82) is 0 Å². The maximum Gasteiger partial charge on any atom is 0.290 e. The van der Waals surface area contributed by atoms with E-state index in [2.05, 4.69) is 10.2 Å². The lowest BCUT2D eigenvalue weighted by molar-refractivity contribution is -0.149.